The van der Waals surface area contributed by atoms with Crippen LogP contribution in [0.25, 0.3) is 16.9 Å². The number of nitrogens with zero attached hydrogens (tertiary/aromatic N) is 2. The van der Waals surface area contributed by atoms with Gasteiger partial charge in [-0.05, 0) is 17.7 Å². The summed E-state index contributed by atoms with van der Waals surface area (Å²) in [5, 5.41) is 9.61. The Kier molecular flexibility index (Phi) is 3.05. The molecule has 0 atom stereocenters. The largest absolute Gasteiger partial charge is 0.476 e. The first kappa shape index (κ1) is 14.3. The molecule has 1 aromatic carbocycles. The molecule has 3 aromatic rings. The first-order chi connectivity index (χ1) is 10.0. The Bertz CT molecular complexity index is 990. The van der Waals surface area contributed by atoms with Gasteiger partial charge in [-0.25, -0.2) is 9.78 Å². The maximum Gasteiger partial charge on any atom is 0.356 e. The maximum absolute atomic E-state index is 12.1. The zero-order valence-corrected chi connectivity index (χ0v) is 11.8. The second kappa shape index (κ2) is 4.69. The van der Waals surface area contributed by atoms with Crippen LogP contribution in [0, 0.1) is 0 Å². The molecule has 0 aliphatic heterocycles. The van der Waals surface area contributed by atoms with E-state index in [0.29, 0.717) is 17.1 Å². The fourth-order valence-corrected chi connectivity index (χ4v) is 2.90. The third-order valence-electron chi connectivity index (χ3n) is 3.65. The van der Waals surface area contributed by atoms with Crippen LogP contribution in [0.15, 0.2) is 29.2 Å². The van der Waals surface area contributed by atoms with Gasteiger partial charge < -0.3 is 15.6 Å². The predicted octanol–water partition coefficient (Wildman–Crippen LogP) is 1.12. The fourth-order valence-electron chi connectivity index (χ4n) is 2.72. The number of rotatable bonds is 1. The highest BCUT2D eigenvalue weighted by molar-refractivity contribution is 6.30. The van der Waals surface area contributed by atoms with E-state index in [-0.39, 0.29) is 16.8 Å². The minimum absolute atomic E-state index is 0. The predicted molar refractivity (Wildman–Crippen MR) is 79.6 cm³/mol. The van der Waals surface area contributed by atoms with E-state index in [0.717, 1.165) is 16.8 Å². The average Bonchev–Trinajstić information content (AvgIpc) is 3.01. The minimum Gasteiger partial charge on any atom is -0.476 e. The number of imidazole rings is 1. The summed E-state index contributed by atoms with van der Waals surface area (Å²) < 4.78 is 1.55. The van der Waals surface area contributed by atoms with Gasteiger partial charge in [-0.2, -0.15) is 0 Å². The topological polar surface area (TPSA) is 119 Å². The van der Waals surface area contributed by atoms with E-state index in [1.807, 2.05) is 6.07 Å². The number of nitrogens with one attached hydrogen (secondary N) is 1. The third kappa shape index (κ3) is 1.83. The lowest BCUT2D eigenvalue weighted by Gasteiger charge is -2.03. The van der Waals surface area contributed by atoms with Crippen LogP contribution in [0.4, 0.5) is 0 Å². The second-order valence-corrected chi connectivity index (χ2v) is 5.32. The van der Waals surface area contributed by atoms with Crippen LogP contribution in [0.3, 0.4) is 0 Å². The molecule has 0 radical (unpaired) electrons. The zero-order valence-electron chi connectivity index (χ0n) is 11.1. The molecule has 8 heteroatoms. The Morgan fingerprint density at radius 3 is 2.91 bits per heavy atom. The van der Waals surface area contributed by atoms with Crippen LogP contribution >= 0.6 is 11.6 Å². The van der Waals surface area contributed by atoms with Gasteiger partial charge in [0, 0.05) is 23.2 Å². The molecule has 4 rings (SSSR count). The first-order valence-electron chi connectivity index (χ1n) is 6.21. The average molecular weight is 320 g/mol. The Labute approximate surface area is 128 Å². The highest BCUT2D eigenvalue weighted by Crippen LogP contribution is 2.36. The highest BCUT2D eigenvalue weighted by Gasteiger charge is 2.24. The van der Waals surface area contributed by atoms with Crippen molar-refractivity contribution in [3.63, 3.8) is 0 Å². The van der Waals surface area contributed by atoms with Crippen LogP contribution in [0.2, 0.25) is 5.02 Å². The van der Waals surface area contributed by atoms with Crippen LogP contribution in [0.1, 0.15) is 21.7 Å². The standard InChI is InChI=1S/C14H8ClN3O3.H2O/c15-7-2-1-6-3-10-11(8(6)4-7)17-13(19)12-16-9(14(20)21)5-18(10)12;/h1-2,4-5H,3H2,(H,17,19)(H,20,21);1H2. The van der Waals surface area contributed by atoms with Crippen molar-refractivity contribution in [3.05, 3.63) is 56.7 Å². The SMILES string of the molecule is O.O=C(O)c1cn2c3c([nH]c(=O)c2n1)-c1cc(Cl)ccc1C3. The molecule has 1 aliphatic rings. The number of hydrogen-bond donors (Lipinski definition) is 2. The smallest absolute Gasteiger partial charge is 0.356 e. The minimum atomic E-state index is -1.16. The van der Waals surface area contributed by atoms with E-state index < -0.39 is 11.5 Å². The zero-order chi connectivity index (χ0) is 14.7. The fraction of sp³-hybridized carbons (Fsp3) is 0.0714. The molecule has 0 amide bonds. The van der Waals surface area contributed by atoms with E-state index >= 15 is 0 Å². The number of carboxylic acid groups (broad SMARTS) is 1. The van der Waals surface area contributed by atoms with E-state index in [1.165, 1.54) is 6.20 Å². The van der Waals surface area contributed by atoms with Crippen LogP contribution in [-0.2, 0) is 6.42 Å². The van der Waals surface area contributed by atoms with Crippen molar-refractivity contribution in [1.29, 1.82) is 0 Å². The Morgan fingerprint density at radius 1 is 1.41 bits per heavy atom. The lowest BCUT2D eigenvalue weighted by Crippen LogP contribution is -2.13. The number of aromatic carboxylic acids is 1. The number of aromatic nitrogens is 3. The number of halogens is 1. The molecular formula is C14H10ClN3O4. The number of carbonyl (C=O) groups is 1. The number of carboxylic acids is 1. The molecule has 0 bridgehead atoms. The van der Waals surface area contributed by atoms with Crippen molar-refractivity contribution in [2.75, 3.05) is 0 Å². The first-order valence-corrected chi connectivity index (χ1v) is 6.59. The van der Waals surface area contributed by atoms with Crippen molar-refractivity contribution in [3.8, 4) is 11.3 Å². The molecule has 0 spiro atoms. The molecule has 1 aliphatic carbocycles. The molecule has 0 unspecified atom stereocenters. The Balaban J connectivity index is 0.00000144. The van der Waals surface area contributed by atoms with Gasteiger partial charge >= 0.3 is 5.97 Å². The van der Waals surface area contributed by atoms with Gasteiger partial charge in [-0.3, -0.25) is 9.20 Å². The number of hydrogen-bond acceptors (Lipinski definition) is 3. The molecule has 2 aromatic heterocycles. The summed E-state index contributed by atoms with van der Waals surface area (Å²) in [6.45, 7) is 0. The number of aromatic amines is 1. The molecule has 22 heavy (non-hydrogen) atoms. The van der Waals surface area contributed by atoms with Gasteiger partial charge in [0.1, 0.15) is 0 Å². The van der Waals surface area contributed by atoms with Crippen molar-refractivity contribution in [1.82, 2.24) is 14.4 Å². The monoisotopic (exact) mass is 319 g/mol. The summed E-state index contributed by atoms with van der Waals surface area (Å²) in [7, 11) is 0. The number of H-pyrrole nitrogens is 1. The van der Waals surface area contributed by atoms with Gasteiger partial charge in [-0.15, -0.1) is 0 Å². The number of fused-ring (bicyclic) bond motifs is 5. The van der Waals surface area contributed by atoms with Gasteiger partial charge in [0.25, 0.3) is 5.56 Å². The molecule has 0 saturated heterocycles. The third-order valence-corrected chi connectivity index (χ3v) is 3.88. The normalized spacial score (nSPS) is 11.9. The van der Waals surface area contributed by atoms with Gasteiger partial charge in [0.15, 0.2) is 5.69 Å². The van der Waals surface area contributed by atoms with Crippen molar-refractivity contribution in [2.24, 2.45) is 0 Å². The molecule has 7 nitrogen and oxygen atoms in total. The van der Waals surface area contributed by atoms with Gasteiger partial charge in [-0.1, -0.05) is 17.7 Å². The molecule has 0 saturated carbocycles. The lowest BCUT2D eigenvalue weighted by molar-refractivity contribution is 0.0691. The van der Waals surface area contributed by atoms with Crippen molar-refractivity contribution >= 4 is 23.2 Å². The quantitative estimate of drug-likeness (QED) is 0.546. The lowest BCUT2D eigenvalue weighted by atomic mass is 10.1. The number of benzene rings is 1. The summed E-state index contributed by atoms with van der Waals surface area (Å²) in [6, 6.07) is 5.48. The second-order valence-electron chi connectivity index (χ2n) is 4.88. The molecule has 2 heterocycles. The van der Waals surface area contributed by atoms with Crippen molar-refractivity contribution in [2.45, 2.75) is 6.42 Å². The molecule has 4 N–H and O–H groups in total. The van der Waals surface area contributed by atoms with E-state index in [1.54, 1.807) is 16.5 Å². The van der Waals surface area contributed by atoms with E-state index in [2.05, 4.69) is 9.97 Å². The Hall–Kier alpha value is -2.64. The van der Waals surface area contributed by atoms with E-state index in [9.17, 15) is 9.59 Å². The summed E-state index contributed by atoms with van der Waals surface area (Å²) in [5.74, 6) is -1.16. The molecule has 112 valence electrons. The van der Waals surface area contributed by atoms with Crippen molar-refractivity contribution < 1.29 is 15.4 Å². The van der Waals surface area contributed by atoms with E-state index in [4.69, 9.17) is 16.7 Å². The maximum atomic E-state index is 12.1. The summed E-state index contributed by atoms with van der Waals surface area (Å²) in [5.41, 5.74) is 2.88. The Morgan fingerprint density at radius 2 is 2.18 bits per heavy atom. The van der Waals surface area contributed by atoms with Crippen LogP contribution in [0.5, 0.6) is 0 Å². The highest BCUT2D eigenvalue weighted by atomic mass is 35.5. The summed E-state index contributed by atoms with van der Waals surface area (Å²) in [6.07, 6.45) is 1.96. The summed E-state index contributed by atoms with van der Waals surface area (Å²) >= 11 is 6.00. The summed E-state index contributed by atoms with van der Waals surface area (Å²) in [4.78, 5) is 29.8. The van der Waals surface area contributed by atoms with Gasteiger partial charge in [0.05, 0.1) is 11.4 Å². The molecule has 0 fully saturated rings. The van der Waals surface area contributed by atoms with Gasteiger partial charge in [0.2, 0.25) is 5.65 Å². The van der Waals surface area contributed by atoms with Crippen LogP contribution < -0.4 is 5.56 Å². The molecular weight excluding hydrogens is 310 g/mol. The van der Waals surface area contributed by atoms with Crippen LogP contribution in [-0.4, -0.2) is 30.9 Å².